The van der Waals surface area contributed by atoms with Gasteiger partial charge in [0.2, 0.25) is 5.91 Å². The summed E-state index contributed by atoms with van der Waals surface area (Å²) in [5, 5.41) is 0. The van der Waals surface area contributed by atoms with E-state index in [2.05, 4.69) is 9.97 Å². The van der Waals surface area contributed by atoms with Crippen LogP contribution in [0.1, 0.15) is 10.4 Å². The molecule has 0 aromatic carbocycles. The lowest BCUT2D eigenvalue weighted by molar-refractivity contribution is 0.1000. The van der Waals surface area contributed by atoms with Crippen LogP contribution in [-0.4, -0.2) is 15.9 Å². The van der Waals surface area contributed by atoms with Crippen LogP contribution < -0.4 is 5.73 Å². The Kier molecular flexibility index (Phi) is 2.41. The molecule has 0 radical (unpaired) electrons. The van der Waals surface area contributed by atoms with E-state index in [4.69, 9.17) is 5.73 Å². The predicted molar refractivity (Wildman–Crippen MR) is 56.0 cm³/mol. The third-order valence-electron chi connectivity index (χ3n) is 2.04. The van der Waals surface area contributed by atoms with Crippen LogP contribution >= 0.6 is 0 Å². The lowest BCUT2D eigenvalue weighted by atomic mass is 10.1. The van der Waals surface area contributed by atoms with Gasteiger partial charge in [0.15, 0.2) is 0 Å². The van der Waals surface area contributed by atoms with Crippen LogP contribution in [0.25, 0.3) is 11.1 Å². The second-order valence-electron chi connectivity index (χ2n) is 3.06. The molecule has 2 heterocycles. The Hall–Kier alpha value is -2.23. The van der Waals surface area contributed by atoms with E-state index >= 15 is 0 Å². The van der Waals surface area contributed by atoms with Gasteiger partial charge < -0.3 is 5.73 Å². The number of hydrogen-bond acceptors (Lipinski definition) is 3. The van der Waals surface area contributed by atoms with Crippen LogP contribution in [0.15, 0.2) is 43.0 Å². The summed E-state index contributed by atoms with van der Waals surface area (Å²) in [6.45, 7) is 0. The molecule has 74 valence electrons. The summed E-state index contributed by atoms with van der Waals surface area (Å²) in [5.41, 5.74) is 7.39. The molecule has 0 bridgehead atoms. The number of hydrogen-bond donors (Lipinski definition) is 1. The molecule has 0 atom stereocenters. The van der Waals surface area contributed by atoms with E-state index < -0.39 is 5.91 Å². The number of carbonyl (C=O) groups excluding carboxylic acids is 1. The first kappa shape index (κ1) is 9.33. The Morgan fingerprint density at radius 2 is 1.80 bits per heavy atom. The molecule has 0 saturated heterocycles. The molecule has 0 aliphatic heterocycles. The Morgan fingerprint density at radius 1 is 1.07 bits per heavy atom. The number of rotatable bonds is 2. The minimum absolute atomic E-state index is 0.407. The van der Waals surface area contributed by atoms with Crippen molar-refractivity contribution in [2.45, 2.75) is 0 Å². The van der Waals surface area contributed by atoms with E-state index in [-0.39, 0.29) is 0 Å². The number of primary amides is 1. The maximum absolute atomic E-state index is 11.0. The monoisotopic (exact) mass is 199 g/mol. The van der Waals surface area contributed by atoms with Crippen molar-refractivity contribution in [3.8, 4) is 11.1 Å². The zero-order valence-electron chi connectivity index (χ0n) is 7.92. The van der Waals surface area contributed by atoms with E-state index in [9.17, 15) is 4.79 Å². The lowest BCUT2D eigenvalue weighted by Crippen LogP contribution is -2.11. The van der Waals surface area contributed by atoms with Gasteiger partial charge in [0.05, 0.1) is 5.56 Å². The zero-order chi connectivity index (χ0) is 10.7. The van der Waals surface area contributed by atoms with Gasteiger partial charge in [0.25, 0.3) is 0 Å². The summed E-state index contributed by atoms with van der Waals surface area (Å²) in [5.74, 6) is -0.474. The number of amides is 1. The third-order valence-corrected chi connectivity index (χ3v) is 2.04. The molecule has 0 saturated carbocycles. The summed E-state index contributed by atoms with van der Waals surface area (Å²) in [6, 6.07) is 5.41. The molecule has 0 fully saturated rings. The second-order valence-corrected chi connectivity index (χ2v) is 3.06. The van der Waals surface area contributed by atoms with Crippen molar-refractivity contribution in [3.05, 3.63) is 48.5 Å². The van der Waals surface area contributed by atoms with Crippen LogP contribution in [0.2, 0.25) is 0 Å². The van der Waals surface area contributed by atoms with Crippen LogP contribution in [0.4, 0.5) is 0 Å². The van der Waals surface area contributed by atoms with Gasteiger partial charge in [-0.05, 0) is 23.8 Å². The molecular weight excluding hydrogens is 190 g/mol. The van der Waals surface area contributed by atoms with Crippen LogP contribution in [-0.2, 0) is 0 Å². The van der Waals surface area contributed by atoms with Gasteiger partial charge in [0.1, 0.15) is 0 Å². The Labute approximate surface area is 86.8 Å². The quantitative estimate of drug-likeness (QED) is 0.791. The van der Waals surface area contributed by atoms with Crippen molar-refractivity contribution in [1.29, 1.82) is 0 Å². The number of nitrogens with two attached hydrogens (primary N) is 1. The zero-order valence-corrected chi connectivity index (χ0v) is 7.92. The molecule has 0 aliphatic carbocycles. The van der Waals surface area contributed by atoms with Crippen molar-refractivity contribution >= 4 is 5.91 Å². The molecule has 1 amide bonds. The van der Waals surface area contributed by atoms with Gasteiger partial charge in [-0.25, -0.2) is 0 Å². The van der Waals surface area contributed by atoms with Crippen molar-refractivity contribution in [3.63, 3.8) is 0 Å². The van der Waals surface area contributed by atoms with Gasteiger partial charge in [-0.1, -0.05) is 0 Å². The maximum atomic E-state index is 11.0. The summed E-state index contributed by atoms with van der Waals surface area (Å²) in [7, 11) is 0. The largest absolute Gasteiger partial charge is 0.366 e. The van der Waals surface area contributed by atoms with Gasteiger partial charge in [-0.2, -0.15) is 0 Å². The lowest BCUT2D eigenvalue weighted by Gasteiger charge is -2.01. The van der Waals surface area contributed by atoms with Crippen LogP contribution in [0.5, 0.6) is 0 Å². The minimum Gasteiger partial charge on any atom is -0.366 e. The van der Waals surface area contributed by atoms with E-state index in [1.165, 1.54) is 6.20 Å². The highest BCUT2D eigenvalue weighted by atomic mass is 16.1. The number of pyridine rings is 2. The fourth-order valence-electron chi connectivity index (χ4n) is 1.28. The molecule has 2 aromatic rings. The first-order chi connectivity index (χ1) is 7.27. The van der Waals surface area contributed by atoms with Crippen molar-refractivity contribution < 1.29 is 4.79 Å². The first-order valence-electron chi connectivity index (χ1n) is 4.42. The van der Waals surface area contributed by atoms with Gasteiger partial charge >= 0.3 is 0 Å². The normalized spacial score (nSPS) is 9.87. The molecule has 2 N–H and O–H groups in total. The van der Waals surface area contributed by atoms with Crippen molar-refractivity contribution in [2.24, 2.45) is 5.73 Å². The molecule has 4 heteroatoms. The van der Waals surface area contributed by atoms with Crippen molar-refractivity contribution in [2.75, 3.05) is 0 Å². The third kappa shape index (κ3) is 1.99. The SMILES string of the molecule is NC(=O)c1cncc(-c2ccncc2)c1. The standard InChI is InChI=1S/C11H9N3O/c12-11(15)10-5-9(6-14-7-10)8-1-3-13-4-2-8/h1-7H,(H2,12,15). The molecule has 0 spiro atoms. The minimum atomic E-state index is -0.474. The molecule has 2 aromatic heterocycles. The Bertz CT molecular complexity index is 482. The average molecular weight is 199 g/mol. The molecular formula is C11H9N3O. The number of carbonyl (C=O) groups is 1. The van der Waals surface area contributed by atoms with Crippen LogP contribution in [0.3, 0.4) is 0 Å². The number of nitrogens with zero attached hydrogens (tertiary/aromatic N) is 2. The summed E-state index contributed by atoms with van der Waals surface area (Å²) in [6.07, 6.45) is 6.51. The number of aromatic nitrogens is 2. The fraction of sp³-hybridized carbons (Fsp3) is 0. The summed E-state index contributed by atoms with van der Waals surface area (Å²) >= 11 is 0. The van der Waals surface area contributed by atoms with Gasteiger partial charge in [-0.15, -0.1) is 0 Å². The molecule has 0 unspecified atom stereocenters. The smallest absolute Gasteiger partial charge is 0.250 e. The van der Waals surface area contributed by atoms with E-state index in [0.717, 1.165) is 11.1 Å². The molecule has 15 heavy (non-hydrogen) atoms. The first-order valence-corrected chi connectivity index (χ1v) is 4.42. The topological polar surface area (TPSA) is 68.9 Å². The predicted octanol–water partition coefficient (Wildman–Crippen LogP) is 1.24. The average Bonchev–Trinajstić information content (AvgIpc) is 2.30. The summed E-state index contributed by atoms with van der Waals surface area (Å²) in [4.78, 5) is 18.8. The van der Waals surface area contributed by atoms with Gasteiger partial charge in [-0.3, -0.25) is 14.8 Å². The molecule has 4 nitrogen and oxygen atoms in total. The second kappa shape index (κ2) is 3.88. The van der Waals surface area contributed by atoms with E-state index in [1.807, 2.05) is 12.1 Å². The highest BCUT2D eigenvalue weighted by Gasteiger charge is 2.03. The van der Waals surface area contributed by atoms with E-state index in [0.29, 0.717) is 5.56 Å². The molecule has 2 rings (SSSR count). The van der Waals surface area contributed by atoms with E-state index in [1.54, 1.807) is 24.7 Å². The Balaban J connectivity index is 2.46. The highest BCUT2D eigenvalue weighted by Crippen LogP contribution is 2.17. The molecule has 0 aliphatic rings. The van der Waals surface area contributed by atoms with Crippen molar-refractivity contribution in [1.82, 2.24) is 9.97 Å². The summed E-state index contributed by atoms with van der Waals surface area (Å²) < 4.78 is 0. The Morgan fingerprint density at radius 3 is 2.47 bits per heavy atom. The maximum Gasteiger partial charge on any atom is 0.250 e. The highest BCUT2D eigenvalue weighted by molar-refractivity contribution is 5.93. The van der Waals surface area contributed by atoms with Gasteiger partial charge in [0, 0.05) is 30.4 Å². The van der Waals surface area contributed by atoms with Crippen LogP contribution in [0, 0.1) is 0 Å². The fourth-order valence-corrected chi connectivity index (χ4v) is 1.28.